The highest BCUT2D eigenvalue weighted by Gasteiger charge is 2.33. The number of nitrogens with zero attached hydrogens (tertiary/aromatic N) is 1. The summed E-state index contributed by atoms with van der Waals surface area (Å²) < 4.78 is 26.0. The molecule has 156 valence electrons. The molecule has 7 nitrogen and oxygen atoms in total. The van der Waals surface area contributed by atoms with Crippen molar-refractivity contribution in [1.82, 2.24) is 4.31 Å². The minimum Gasteiger partial charge on any atom is -0.481 e. The van der Waals surface area contributed by atoms with Crippen LogP contribution in [0, 0.1) is 12.8 Å². The van der Waals surface area contributed by atoms with E-state index in [-0.39, 0.29) is 17.3 Å². The third-order valence-corrected chi connectivity index (χ3v) is 6.67. The second kappa shape index (κ2) is 9.87. The maximum Gasteiger partial charge on any atom is 0.307 e. The Bertz CT molecular complexity index is 994. The highest BCUT2D eigenvalue weighted by atomic mass is 35.5. The molecule has 2 aromatic rings. The minimum absolute atomic E-state index is 0.0180. The molecule has 1 unspecified atom stereocenters. The van der Waals surface area contributed by atoms with Crippen molar-refractivity contribution >= 4 is 33.5 Å². The molecule has 0 bridgehead atoms. The maximum atomic E-state index is 12.4. The van der Waals surface area contributed by atoms with E-state index in [4.69, 9.17) is 22.4 Å². The second-order valence-corrected chi connectivity index (χ2v) is 9.05. The number of hydrogen-bond acceptors (Lipinski definition) is 4. The first kappa shape index (κ1) is 22.9. The van der Waals surface area contributed by atoms with E-state index in [9.17, 15) is 18.0 Å². The van der Waals surface area contributed by atoms with Gasteiger partial charge in [0.15, 0.2) is 0 Å². The van der Waals surface area contributed by atoms with Crippen molar-refractivity contribution in [3.8, 4) is 0 Å². The number of primary amides is 1. The summed E-state index contributed by atoms with van der Waals surface area (Å²) in [7, 11) is -3.67. The summed E-state index contributed by atoms with van der Waals surface area (Å²) in [6.45, 7) is 2.23. The summed E-state index contributed by atoms with van der Waals surface area (Å²) in [5.41, 5.74) is 6.60. The molecule has 3 N–H and O–H groups in total. The molecule has 2 aromatic carbocycles. The molecule has 3 rings (SSSR count). The van der Waals surface area contributed by atoms with Crippen molar-refractivity contribution in [2.75, 3.05) is 13.1 Å². The topological polar surface area (TPSA) is 118 Å². The van der Waals surface area contributed by atoms with E-state index >= 15 is 0 Å². The first-order valence-electron chi connectivity index (χ1n) is 8.97. The molecule has 0 saturated carbocycles. The van der Waals surface area contributed by atoms with E-state index in [0.29, 0.717) is 30.0 Å². The van der Waals surface area contributed by atoms with Gasteiger partial charge in [0.05, 0.1) is 10.8 Å². The lowest BCUT2D eigenvalue weighted by Crippen LogP contribution is -2.42. The van der Waals surface area contributed by atoms with Gasteiger partial charge in [-0.1, -0.05) is 35.9 Å². The number of sulfonamides is 1. The molecule has 0 aliphatic carbocycles. The smallest absolute Gasteiger partial charge is 0.307 e. The van der Waals surface area contributed by atoms with Gasteiger partial charge in [-0.3, -0.25) is 9.59 Å². The zero-order valence-electron chi connectivity index (χ0n) is 15.9. The highest BCUT2D eigenvalue weighted by molar-refractivity contribution is 7.89. The number of carboxylic acid groups (broad SMARTS) is 1. The normalized spacial score (nSPS) is 17.1. The zero-order valence-corrected chi connectivity index (χ0v) is 17.5. The number of hydrogen-bond donors (Lipinski definition) is 2. The van der Waals surface area contributed by atoms with Crippen LogP contribution in [0.5, 0.6) is 0 Å². The van der Waals surface area contributed by atoms with Crippen LogP contribution in [0.3, 0.4) is 0 Å². The van der Waals surface area contributed by atoms with Crippen LogP contribution in [0.2, 0.25) is 5.02 Å². The first-order valence-corrected chi connectivity index (χ1v) is 10.8. The Labute approximate surface area is 175 Å². The lowest BCUT2D eigenvalue weighted by atomic mass is 10.0. The summed E-state index contributed by atoms with van der Waals surface area (Å²) in [5, 5.41) is 9.33. The molecule has 0 radical (unpaired) electrons. The molecule has 1 heterocycles. The number of nitrogens with two attached hydrogens (primary N) is 1. The number of benzene rings is 2. The van der Waals surface area contributed by atoms with E-state index in [0.717, 1.165) is 5.56 Å². The van der Waals surface area contributed by atoms with E-state index in [2.05, 4.69) is 0 Å². The molecule has 1 fully saturated rings. The largest absolute Gasteiger partial charge is 0.481 e. The lowest BCUT2D eigenvalue weighted by molar-refractivity contribution is -0.142. The van der Waals surface area contributed by atoms with E-state index in [1.807, 2.05) is 19.1 Å². The van der Waals surface area contributed by atoms with Gasteiger partial charge in [-0.05, 0) is 49.6 Å². The number of aliphatic carboxylic acids is 1. The van der Waals surface area contributed by atoms with E-state index in [1.54, 1.807) is 24.3 Å². The second-order valence-electron chi connectivity index (χ2n) is 6.68. The molecule has 9 heteroatoms. The number of carbonyl (C=O) groups is 2. The number of halogens is 1. The van der Waals surface area contributed by atoms with Crippen molar-refractivity contribution in [1.29, 1.82) is 0 Å². The van der Waals surface area contributed by atoms with Crippen LogP contribution in [0.15, 0.2) is 53.4 Å². The van der Waals surface area contributed by atoms with E-state index in [1.165, 1.54) is 16.4 Å². The van der Waals surface area contributed by atoms with Gasteiger partial charge >= 0.3 is 5.97 Å². The molecule has 1 saturated heterocycles. The molecule has 1 atom stereocenters. The average Bonchev–Trinajstić information content (AvgIpc) is 2.68. The van der Waals surface area contributed by atoms with Crippen molar-refractivity contribution in [3.63, 3.8) is 0 Å². The monoisotopic (exact) mass is 438 g/mol. The number of carboxylic acids is 1. The number of piperidine rings is 1. The fourth-order valence-corrected chi connectivity index (χ4v) is 4.81. The predicted octanol–water partition coefficient (Wildman–Crippen LogP) is 2.92. The van der Waals surface area contributed by atoms with Crippen LogP contribution in [0.1, 0.15) is 28.8 Å². The maximum absolute atomic E-state index is 12.4. The van der Waals surface area contributed by atoms with Crippen LogP contribution in [0.4, 0.5) is 0 Å². The van der Waals surface area contributed by atoms with Crippen LogP contribution < -0.4 is 5.73 Å². The fourth-order valence-electron chi connectivity index (χ4n) is 2.99. The van der Waals surface area contributed by atoms with E-state index < -0.39 is 21.9 Å². The Morgan fingerprint density at radius 2 is 1.86 bits per heavy atom. The SMILES string of the molecule is Cc1ccccc1C(N)=O.O=C(O)C1CCCN(S(=O)(=O)c2cccc(Cl)c2)C1. The molecular weight excluding hydrogens is 416 g/mol. The Kier molecular flexibility index (Phi) is 7.78. The summed E-state index contributed by atoms with van der Waals surface area (Å²) in [5.74, 6) is -1.95. The van der Waals surface area contributed by atoms with Crippen LogP contribution >= 0.6 is 11.6 Å². The van der Waals surface area contributed by atoms with Gasteiger partial charge in [-0.2, -0.15) is 4.31 Å². The summed E-state index contributed by atoms with van der Waals surface area (Å²) >= 11 is 5.79. The van der Waals surface area contributed by atoms with Gasteiger partial charge in [0, 0.05) is 23.7 Å². The van der Waals surface area contributed by atoms with Crippen LogP contribution in [0.25, 0.3) is 0 Å². The summed E-state index contributed by atoms with van der Waals surface area (Å²) in [6.07, 6.45) is 1.06. The molecular formula is C20H23ClN2O5S. The standard InChI is InChI=1S/C12H14ClNO4S.C8H9NO/c13-10-4-1-5-11(7-10)19(17,18)14-6-2-3-9(8-14)12(15)16;1-6-4-2-3-5-7(6)8(9)10/h1,4-5,7,9H,2-3,6,8H2,(H,15,16);2-5H,1H3,(H2,9,10). The van der Waals surface area contributed by atoms with Crippen molar-refractivity contribution in [2.24, 2.45) is 11.7 Å². The fraction of sp³-hybridized carbons (Fsp3) is 0.300. The van der Waals surface area contributed by atoms with Gasteiger partial charge < -0.3 is 10.8 Å². The third kappa shape index (κ3) is 6.03. The number of amides is 1. The summed E-state index contributed by atoms with van der Waals surface area (Å²) in [6, 6.07) is 13.3. The highest BCUT2D eigenvalue weighted by Crippen LogP contribution is 2.25. The van der Waals surface area contributed by atoms with Crippen molar-refractivity contribution in [3.05, 3.63) is 64.7 Å². The quantitative estimate of drug-likeness (QED) is 0.760. The predicted molar refractivity (Wildman–Crippen MR) is 110 cm³/mol. The molecule has 0 aromatic heterocycles. The Morgan fingerprint density at radius 3 is 2.41 bits per heavy atom. The molecule has 1 aliphatic heterocycles. The van der Waals surface area contributed by atoms with Gasteiger partial charge in [0.1, 0.15) is 0 Å². The molecule has 1 amide bonds. The van der Waals surface area contributed by atoms with Crippen LogP contribution in [-0.4, -0.2) is 42.8 Å². The number of rotatable bonds is 4. The van der Waals surface area contributed by atoms with Crippen molar-refractivity contribution in [2.45, 2.75) is 24.7 Å². The Hall–Kier alpha value is -2.42. The summed E-state index contributed by atoms with van der Waals surface area (Å²) in [4.78, 5) is 21.7. The molecule has 0 spiro atoms. The zero-order chi connectivity index (χ0) is 21.6. The molecule has 1 aliphatic rings. The average molecular weight is 439 g/mol. The number of carbonyl (C=O) groups excluding carboxylic acids is 1. The third-order valence-electron chi connectivity index (χ3n) is 4.58. The van der Waals surface area contributed by atoms with Gasteiger partial charge in [0.2, 0.25) is 15.9 Å². The minimum atomic E-state index is -3.67. The van der Waals surface area contributed by atoms with Gasteiger partial charge in [0.25, 0.3) is 0 Å². The van der Waals surface area contributed by atoms with Crippen molar-refractivity contribution < 1.29 is 23.1 Å². The first-order chi connectivity index (χ1) is 13.6. The number of aryl methyl sites for hydroxylation is 1. The Balaban J connectivity index is 0.000000253. The molecule has 29 heavy (non-hydrogen) atoms. The van der Waals surface area contributed by atoms with Gasteiger partial charge in [-0.25, -0.2) is 8.42 Å². The van der Waals surface area contributed by atoms with Crippen LogP contribution in [-0.2, 0) is 14.8 Å². The lowest BCUT2D eigenvalue weighted by Gasteiger charge is -2.29. The Morgan fingerprint density at radius 1 is 1.17 bits per heavy atom. The van der Waals surface area contributed by atoms with Gasteiger partial charge in [-0.15, -0.1) is 0 Å².